The van der Waals surface area contributed by atoms with Crippen LogP contribution in [0.4, 0.5) is 5.69 Å². The Bertz CT molecular complexity index is 1300. The zero-order valence-corrected chi connectivity index (χ0v) is 21.5. The number of ether oxygens (including phenoxy) is 2. The summed E-state index contributed by atoms with van der Waals surface area (Å²) in [6.45, 7) is 1.48. The first-order valence-corrected chi connectivity index (χ1v) is 13.3. The van der Waals surface area contributed by atoms with Gasteiger partial charge in [0.05, 0.1) is 29.1 Å². The van der Waals surface area contributed by atoms with Gasteiger partial charge in [-0.2, -0.15) is 0 Å². The van der Waals surface area contributed by atoms with Crippen LogP contribution in [-0.2, 0) is 25.5 Å². The van der Waals surface area contributed by atoms with Crippen LogP contribution in [0.5, 0.6) is 5.75 Å². The van der Waals surface area contributed by atoms with Crippen LogP contribution >= 0.6 is 11.8 Å². The molecular formula is C26H26N4O8S. The van der Waals surface area contributed by atoms with Gasteiger partial charge in [0.2, 0.25) is 0 Å². The maximum absolute atomic E-state index is 13.2. The average Bonchev–Trinajstić information content (AvgIpc) is 2.95. The lowest BCUT2D eigenvalue weighted by molar-refractivity contribution is -0.384. The van der Waals surface area contributed by atoms with E-state index in [1.54, 1.807) is 36.4 Å². The van der Waals surface area contributed by atoms with E-state index in [0.29, 0.717) is 44.2 Å². The van der Waals surface area contributed by atoms with Gasteiger partial charge in [0, 0.05) is 25.2 Å². The molecule has 0 saturated carbocycles. The fraction of sp³-hybridized carbons (Fsp3) is 0.346. The van der Waals surface area contributed by atoms with Gasteiger partial charge in [0.1, 0.15) is 17.2 Å². The molecule has 204 valence electrons. The first-order chi connectivity index (χ1) is 18.8. The molecule has 2 aromatic rings. The summed E-state index contributed by atoms with van der Waals surface area (Å²) >= 11 is 1.39. The molecule has 3 aliphatic heterocycles. The van der Waals surface area contributed by atoms with Crippen molar-refractivity contribution in [1.82, 2.24) is 15.1 Å². The SMILES string of the molecule is O=C(COc1ccccc1)NC1C(=O)N2C(C(=O)O)=C(N3CCOCC3)C(Cc3ccc([N+](=O)[O-])cc3)S[C@H]12. The molecule has 39 heavy (non-hydrogen) atoms. The topological polar surface area (TPSA) is 152 Å². The Morgan fingerprint density at radius 3 is 2.46 bits per heavy atom. The molecule has 0 aromatic heterocycles. The fourth-order valence-electron chi connectivity index (χ4n) is 4.85. The lowest BCUT2D eigenvalue weighted by Gasteiger charge is -2.53. The number of carbonyl (C=O) groups is 3. The van der Waals surface area contributed by atoms with Crippen LogP contribution in [0.2, 0.25) is 0 Å². The number of para-hydroxylation sites is 1. The van der Waals surface area contributed by atoms with Crippen molar-refractivity contribution < 1.29 is 33.9 Å². The standard InChI is InChI=1S/C26H26N4O8S/c31-20(15-38-18-4-2-1-3-5-18)27-21-24(32)29-23(26(33)34)22(28-10-12-37-13-11-28)19(39-25(21)29)14-16-6-8-17(9-7-16)30(35)36/h1-9,19,21,25H,10-15H2,(H,27,31)(H,33,34)/t19?,21?,25-/m1/s1. The van der Waals surface area contributed by atoms with Gasteiger partial charge in [-0.1, -0.05) is 30.3 Å². The van der Waals surface area contributed by atoms with Crippen LogP contribution in [0.25, 0.3) is 0 Å². The van der Waals surface area contributed by atoms with E-state index in [9.17, 15) is 29.6 Å². The Labute approximate surface area is 227 Å². The number of carboxylic acid groups (broad SMARTS) is 1. The number of carboxylic acids is 1. The highest BCUT2D eigenvalue weighted by molar-refractivity contribution is 8.00. The molecule has 2 aromatic carbocycles. The van der Waals surface area contributed by atoms with Gasteiger partial charge in [-0.25, -0.2) is 4.79 Å². The summed E-state index contributed by atoms with van der Waals surface area (Å²) in [6.07, 6.45) is 0.377. The van der Waals surface area contributed by atoms with Gasteiger partial charge in [0.25, 0.3) is 17.5 Å². The van der Waals surface area contributed by atoms with Crippen molar-refractivity contribution in [3.05, 3.63) is 81.7 Å². The van der Waals surface area contributed by atoms with E-state index in [4.69, 9.17) is 9.47 Å². The highest BCUT2D eigenvalue weighted by Gasteiger charge is 2.57. The molecule has 0 aliphatic carbocycles. The van der Waals surface area contributed by atoms with Crippen molar-refractivity contribution >= 4 is 35.2 Å². The highest BCUT2D eigenvalue weighted by Crippen LogP contribution is 2.46. The first kappa shape index (κ1) is 26.5. The number of hydrogen-bond acceptors (Lipinski definition) is 9. The van der Waals surface area contributed by atoms with Crippen LogP contribution in [0.15, 0.2) is 66.0 Å². The minimum absolute atomic E-state index is 0.0403. The molecule has 3 atom stereocenters. The second-order valence-electron chi connectivity index (χ2n) is 9.14. The molecule has 3 heterocycles. The van der Waals surface area contributed by atoms with Crippen molar-refractivity contribution in [3.63, 3.8) is 0 Å². The molecule has 2 fully saturated rings. The smallest absolute Gasteiger partial charge is 0.354 e. The number of morpholine rings is 1. The van der Waals surface area contributed by atoms with Gasteiger partial charge < -0.3 is 24.8 Å². The van der Waals surface area contributed by atoms with Crippen LogP contribution in [-0.4, -0.2) is 87.2 Å². The first-order valence-electron chi connectivity index (χ1n) is 12.3. The normalized spacial score (nSPS) is 22.6. The number of carbonyl (C=O) groups excluding carboxylic acids is 2. The number of nitro groups is 1. The molecular weight excluding hydrogens is 528 g/mol. The van der Waals surface area contributed by atoms with E-state index in [-0.39, 0.29) is 23.2 Å². The number of nitrogens with zero attached hydrogens (tertiary/aromatic N) is 3. The zero-order valence-electron chi connectivity index (χ0n) is 20.7. The maximum Gasteiger partial charge on any atom is 0.354 e. The molecule has 2 amide bonds. The number of thioether (sulfide) groups is 1. The number of hydrogen-bond donors (Lipinski definition) is 2. The monoisotopic (exact) mass is 554 g/mol. The average molecular weight is 555 g/mol. The van der Waals surface area contributed by atoms with E-state index in [0.717, 1.165) is 5.56 Å². The number of non-ortho nitro benzene ring substituents is 1. The molecule has 5 rings (SSSR count). The lowest BCUT2D eigenvalue weighted by Crippen LogP contribution is -2.72. The highest BCUT2D eigenvalue weighted by atomic mass is 32.2. The van der Waals surface area contributed by atoms with Crippen molar-refractivity contribution in [3.8, 4) is 5.75 Å². The predicted molar refractivity (Wildman–Crippen MR) is 140 cm³/mol. The molecule has 13 heteroatoms. The molecule has 3 aliphatic rings. The summed E-state index contributed by atoms with van der Waals surface area (Å²) in [5.74, 6) is -1.72. The van der Waals surface area contributed by atoms with Crippen LogP contribution < -0.4 is 10.1 Å². The van der Waals surface area contributed by atoms with Crippen LogP contribution in [0.1, 0.15) is 5.56 Å². The maximum atomic E-state index is 13.2. The third-order valence-corrected chi connectivity index (χ3v) is 8.17. The number of aliphatic carboxylic acids is 1. The van der Waals surface area contributed by atoms with Gasteiger partial charge >= 0.3 is 5.97 Å². The van der Waals surface area contributed by atoms with E-state index in [1.807, 2.05) is 11.0 Å². The fourth-order valence-corrected chi connectivity index (χ4v) is 6.53. The third-order valence-electron chi connectivity index (χ3n) is 6.69. The number of nitrogens with one attached hydrogen (secondary N) is 1. The Kier molecular flexibility index (Phi) is 7.70. The lowest BCUT2D eigenvalue weighted by atomic mass is 9.99. The molecule has 2 unspecified atom stereocenters. The van der Waals surface area contributed by atoms with Gasteiger partial charge in [0.15, 0.2) is 12.3 Å². The minimum atomic E-state index is -1.24. The molecule has 2 N–H and O–H groups in total. The quantitative estimate of drug-likeness (QED) is 0.266. The van der Waals surface area contributed by atoms with E-state index < -0.39 is 34.1 Å². The van der Waals surface area contributed by atoms with Gasteiger partial charge in [-0.3, -0.25) is 24.6 Å². The van der Waals surface area contributed by atoms with Crippen molar-refractivity contribution in [2.75, 3.05) is 32.9 Å². The van der Waals surface area contributed by atoms with Crippen molar-refractivity contribution in [2.45, 2.75) is 23.1 Å². The molecule has 0 bridgehead atoms. The Morgan fingerprint density at radius 2 is 1.82 bits per heavy atom. The number of amides is 2. The van der Waals surface area contributed by atoms with E-state index >= 15 is 0 Å². The summed E-state index contributed by atoms with van der Waals surface area (Å²) in [5, 5.41) is 23.0. The summed E-state index contributed by atoms with van der Waals surface area (Å²) in [4.78, 5) is 52.1. The van der Waals surface area contributed by atoms with Gasteiger partial charge in [-0.15, -0.1) is 11.8 Å². The van der Waals surface area contributed by atoms with E-state index in [2.05, 4.69) is 5.32 Å². The number of fused-ring (bicyclic) bond motifs is 1. The number of β-lactam (4-membered cyclic amide) rings is 1. The second-order valence-corrected chi connectivity index (χ2v) is 10.5. The second kappa shape index (κ2) is 11.3. The molecule has 12 nitrogen and oxygen atoms in total. The third kappa shape index (κ3) is 5.54. The molecule has 2 saturated heterocycles. The number of rotatable bonds is 9. The summed E-state index contributed by atoms with van der Waals surface area (Å²) < 4.78 is 10.9. The Hall–Kier alpha value is -4.10. The minimum Gasteiger partial charge on any atom is -0.484 e. The summed E-state index contributed by atoms with van der Waals surface area (Å²) in [5.41, 5.74) is 1.14. The molecule has 0 spiro atoms. The predicted octanol–water partition coefficient (Wildman–Crippen LogP) is 1.61. The number of benzene rings is 2. The van der Waals surface area contributed by atoms with E-state index in [1.165, 1.54) is 28.8 Å². The Morgan fingerprint density at radius 1 is 1.13 bits per heavy atom. The summed E-state index contributed by atoms with van der Waals surface area (Å²) in [7, 11) is 0. The van der Waals surface area contributed by atoms with Crippen LogP contribution in [0.3, 0.4) is 0 Å². The van der Waals surface area contributed by atoms with Crippen LogP contribution in [0, 0.1) is 10.1 Å². The number of nitro benzene ring substituents is 1. The van der Waals surface area contributed by atoms with Gasteiger partial charge in [-0.05, 0) is 24.1 Å². The van der Waals surface area contributed by atoms with Crippen molar-refractivity contribution in [1.29, 1.82) is 0 Å². The zero-order chi connectivity index (χ0) is 27.5. The largest absolute Gasteiger partial charge is 0.484 e. The Balaban J connectivity index is 1.39. The molecule has 0 radical (unpaired) electrons. The summed E-state index contributed by atoms with van der Waals surface area (Å²) in [6, 6.07) is 14.0. The van der Waals surface area contributed by atoms with Crippen molar-refractivity contribution in [2.24, 2.45) is 0 Å².